The van der Waals surface area contributed by atoms with Crippen molar-refractivity contribution in [2.24, 2.45) is 0 Å². The first-order valence-electron chi connectivity index (χ1n) is 7.01. The van der Waals surface area contributed by atoms with E-state index in [2.05, 4.69) is 10.6 Å². The summed E-state index contributed by atoms with van der Waals surface area (Å²) in [7, 11) is 0. The number of fused-ring (bicyclic) bond motifs is 1. The fourth-order valence-corrected chi connectivity index (χ4v) is 3.39. The predicted molar refractivity (Wildman–Crippen MR) is 87.6 cm³/mol. The maximum atomic E-state index is 12.5. The van der Waals surface area contributed by atoms with Crippen molar-refractivity contribution in [1.29, 1.82) is 0 Å². The fraction of sp³-hybridized carbons (Fsp3) is 0.176. The molecule has 0 saturated heterocycles. The van der Waals surface area contributed by atoms with Gasteiger partial charge in [0.15, 0.2) is 4.75 Å². The van der Waals surface area contributed by atoms with Gasteiger partial charge in [-0.15, -0.1) is 0 Å². The summed E-state index contributed by atoms with van der Waals surface area (Å²) in [5, 5.41) is 5.66. The number of rotatable bonds is 3. The molecular formula is C17H16N2O2S. The molecule has 5 heteroatoms. The number of anilines is 1. The van der Waals surface area contributed by atoms with Crippen LogP contribution < -0.4 is 10.6 Å². The zero-order valence-corrected chi connectivity index (χ0v) is 12.9. The van der Waals surface area contributed by atoms with Crippen LogP contribution in [0.25, 0.3) is 0 Å². The van der Waals surface area contributed by atoms with Crippen molar-refractivity contribution in [2.45, 2.75) is 23.1 Å². The number of carbonyl (C=O) groups excluding carboxylic acids is 2. The highest BCUT2D eigenvalue weighted by atomic mass is 32.2. The van der Waals surface area contributed by atoms with Gasteiger partial charge >= 0.3 is 0 Å². The summed E-state index contributed by atoms with van der Waals surface area (Å²) in [4.78, 5) is 25.8. The highest BCUT2D eigenvalue weighted by Gasteiger charge is 2.45. The Hall–Kier alpha value is -2.27. The van der Waals surface area contributed by atoms with Gasteiger partial charge in [-0.2, -0.15) is 0 Å². The van der Waals surface area contributed by atoms with Gasteiger partial charge in [0.25, 0.3) is 0 Å². The lowest BCUT2D eigenvalue weighted by Gasteiger charge is -2.31. The minimum absolute atomic E-state index is 0.284. The van der Waals surface area contributed by atoms with Gasteiger partial charge in [0, 0.05) is 11.4 Å². The molecule has 2 aromatic rings. The molecule has 0 radical (unpaired) electrons. The number of carbonyl (C=O) groups is 2. The summed E-state index contributed by atoms with van der Waals surface area (Å²) in [6.45, 7) is 2.06. The van der Waals surface area contributed by atoms with Crippen LogP contribution in [-0.2, 0) is 16.1 Å². The zero-order chi connectivity index (χ0) is 15.6. The van der Waals surface area contributed by atoms with Crippen LogP contribution in [0.5, 0.6) is 0 Å². The SMILES string of the molecule is C[C@]1(C(=O)NCc2ccccc2)Sc2ccccc2NC1=O. The van der Waals surface area contributed by atoms with Gasteiger partial charge in [-0.1, -0.05) is 54.2 Å². The van der Waals surface area contributed by atoms with Crippen molar-refractivity contribution >= 4 is 29.3 Å². The second kappa shape index (κ2) is 5.85. The summed E-state index contributed by atoms with van der Waals surface area (Å²) in [6, 6.07) is 17.1. The highest BCUT2D eigenvalue weighted by molar-refractivity contribution is 8.02. The number of thioether (sulfide) groups is 1. The van der Waals surface area contributed by atoms with E-state index in [1.807, 2.05) is 54.6 Å². The Morgan fingerprint density at radius 3 is 2.59 bits per heavy atom. The molecule has 3 rings (SSSR count). The average molecular weight is 312 g/mol. The first-order chi connectivity index (χ1) is 10.6. The van der Waals surface area contributed by atoms with E-state index < -0.39 is 4.75 Å². The van der Waals surface area contributed by atoms with Crippen molar-refractivity contribution in [3.63, 3.8) is 0 Å². The van der Waals surface area contributed by atoms with Gasteiger partial charge in [0.2, 0.25) is 11.8 Å². The third-order valence-electron chi connectivity index (χ3n) is 3.61. The standard InChI is InChI=1S/C17H16N2O2S/c1-17(15(20)18-11-12-7-3-2-4-8-12)16(21)19-13-9-5-6-10-14(13)22-17/h2-10H,11H2,1H3,(H,18,20)(H,19,21)/t17-/m1/s1. The van der Waals surface area contributed by atoms with Crippen molar-refractivity contribution in [3.8, 4) is 0 Å². The molecule has 0 aliphatic carbocycles. The molecule has 2 amide bonds. The van der Waals surface area contributed by atoms with Gasteiger partial charge in [0.1, 0.15) is 0 Å². The minimum Gasteiger partial charge on any atom is -0.350 e. The molecule has 1 heterocycles. The molecular weight excluding hydrogens is 296 g/mol. The Labute approximate surface area is 133 Å². The largest absolute Gasteiger partial charge is 0.350 e. The van der Waals surface area contributed by atoms with Crippen LogP contribution in [0.4, 0.5) is 5.69 Å². The first kappa shape index (κ1) is 14.7. The molecule has 2 N–H and O–H groups in total. The molecule has 0 saturated carbocycles. The lowest BCUT2D eigenvalue weighted by Crippen LogP contribution is -2.51. The van der Waals surface area contributed by atoms with Gasteiger partial charge < -0.3 is 10.6 Å². The lowest BCUT2D eigenvalue weighted by molar-refractivity contribution is -0.130. The Bertz CT molecular complexity index is 718. The van der Waals surface area contributed by atoms with Crippen LogP contribution in [0.1, 0.15) is 12.5 Å². The van der Waals surface area contributed by atoms with Gasteiger partial charge in [-0.3, -0.25) is 9.59 Å². The third-order valence-corrected chi connectivity index (χ3v) is 4.97. The van der Waals surface area contributed by atoms with E-state index in [0.717, 1.165) is 16.1 Å². The maximum absolute atomic E-state index is 12.5. The predicted octanol–water partition coefficient (Wildman–Crippen LogP) is 2.81. The summed E-state index contributed by atoms with van der Waals surface area (Å²) in [6.07, 6.45) is 0. The third kappa shape index (κ3) is 2.72. The Morgan fingerprint density at radius 2 is 1.82 bits per heavy atom. The quantitative estimate of drug-likeness (QED) is 0.857. The smallest absolute Gasteiger partial charge is 0.250 e. The molecule has 0 unspecified atom stereocenters. The van der Waals surface area contributed by atoms with Crippen LogP contribution in [0.2, 0.25) is 0 Å². The Kier molecular flexibility index (Phi) is 3.90. The summed E-state index contributed by atoms with van der Waals surface area (Å²) >= 11 is 1.29. The van der Waals surface area contributed by atoms with Crippen molar-refractivity contribution < 1.29 is 9.59 Å². The minimum atomic E-state index is -1.16. The van der Waals surface area contributed by atoms with Crippen molar-refractivity contribution in [3.05, 3.63) is 60.2 Å². The summed E-state index contributed by atoms with van der Waals surface area (Å²) in [5.74, 6) is -0.574. The first-order valence-corrected chi connectivity index (χ1v) is 7.83. The van der Waals surface area contributed by atoms with Gasteiger partial charge in [-0.05, 0) is 24.6 Å². The topological polar surface area (TPSA) is 58.2 Å². The number of para-hydroxylation sites is 1. The molecule has 0 fully saturated rings. The van der Waals surface area contributed by atoms with Gasteiger partial charge in [0.05, 0.1) is 5.69 Å². The molecule has 0 spiro atoms. The fourth-order valence-electron chi connectivity index (χ4n) is 2.26. The molecule has 0 bridgehead atoms. The number of hydrogen-bond donors (Lipinski definition) is 2. The van der Waals surface area contributed by atoms with E-state index in [1.54, 1.807) is 6.92 Å². The number of amides is 2. The van der Waals surface area contributed by atoms with E-state index in [9.17, 15) is 9.59 Å². The second-order valence-electron chi connectivity index (χ2n) is 5.25. The van der Waals surface area contributed by atoms with Gasteiger partial charge in [-0.25, -0.2) is 0 Å². The molecule has 0 aromatic heterocycles. The summed E-state index contributed by atoms with van der Waals surface area (Å²) in [5.41, 5.74) is 1.76. The monoisotopic (exact) mass is 312 g/mol. The Balaban J connectivity index is 1.75. The molecule has 4 nitrogen and oxygen atoms in total. The number of nitrogens with one attached hydrogen (secondary N) is 2. The number of benzene rings is 2. The van der Waals surface area contributed by atoms with E-state index in [4.69, 9.17) is 0 Å². The van der Waals surface area contributed by atoms with Crippen LogP contribution in [0.3, 0.4) is 0 Å². The van der Waals surface area contributed by atoms with Crippen molar-refractivity contribution in [2.75, 3.05) is 5.32 Å². The normalized spacial score (nSPS) is 20.0. The van der Waals surface area contributed by atoms with Crippen LogP contribution in [-0.4, -0.2) is 16.6 Å². The van der Waals surface area contributed by atoms with Crippen LogP contribution in [0.15, 0.2) is 59.5 Å². The summed E-state index contributed by atoms with van der Waals surface area (Å²) < 4.78 is -1.16. The van der Waals surface area contributed by atoms with Crippen LogP contribution >= 0.6 is 11.8 Å². The lowest BCUT2D eigenvalue weighted by atomic mass is 10.1. The van der Waals surface area contributed by atoms with Crippen molar-refractivity contribution in [1.82, 2.24) is 5.32 Å². The van der Waals surface area contributed by atoms with E-state index >= 15 is 0 Å². The van der Waals surface area contributed by atoms with E-state index in [-0.39, 0.29) is 11.8 Å². The van der Waals surface area contributed by atoms with Crippen LogP contribution in [0, 0.1) is 0 Å². The van der Waals surface area contributed by atoms with E-state index in [1.165, 1.54) is 11.8 Å². The molecule has 1 aliphatic heterocycles. The molecule has 22 heavy (non-hydrogen) atoms. The maximum Gasteiger partial charge on any atom is 0.250 e. The second-order valence-corrected chi connectivity index (χ2v) is 6.71. The number of hydrogen-bond acceptors (Lipinski definition) is 3. The molecule has 112 valence electrons. The molecule has 1 atom stereocenters. The average Bonchev–Trinajstić information content (AvgIpc) is 2.54. The van der Waals surface area contributed by atoms with E-state index in [0.29, 0.717) is 6.54 Å². The molecule has 1 aliphatic rings. The zero-order valence-electron chi connectivity index (χ0n) is 12.1. The molecule has 2 aromatic carbocycles. The highest BCUT2D eigenvalue weighted by Crippen LogP contribution is 2.42. The Morgan fingerprint density at radius 1 is 1.14 bits per heavy atom.